The molecule has 6 nitrogen and oxygen atoms in total. The Morgan fingerprint density at radius 2 is 2.18 bits per heavy atom. The standard InChI is InChI=1S/C5H12N2O4/c8-3-1-7-11-4-2-6-5(9)10/h6-8H,1-4H2,(H,9,10). The summed E-state index contributed by atoms with van der Waals surface area (Å²) in [6.45, 7) is 0.805. The highest BCUT2D eigenvalue weighted by Crippen LogP contribution is 1.66. The highest BCUT2D eigenvalue weighted by atomic mass is 16.6. The molecular weight excluding hydrogens is 152 g/mol. The van der Waals surface area contributed by atoms with E-state index in [1.165, 1.54) is 0 Å². The lowest BCUT2D eigenvalue weighted by Crippen LogP contribution is -2.28. The van der Waals surface area contributed by atoms with Gasteiger partial charge in [-0.15, -0.1) is 0 Å². The van der Waals surface area contributed by atoms with E-state index in [0.717, 1.165) is 0 Å². The smallest absolute Gasteiger partial charge is 0.404 e. The van der Waals surface area contributed by atoms with Crippen LogP contribution in [-0.2, 0) is 4.84 Å². The molecule has 0 aliphatic rings. The zero-order valence-corrected chi connectivity index (χ0v) is 6.04. The third-order valence-electron chi connectivity index (χ3n) is 0.796. The Morgan fingerprint density at radius 1 is 1.45 bits per heavy atom. The van der Waals surface area contributed by atoms with E-state index in [-0.39, 0.29) is 19.8 Å². The summed E-state index contributed by atoms with van der Waals surface area (Å²) in [5.41, 5.74) is 2.43. The van der Waals surface area contributed by atoms with Crippen LogP contribution in [0.25, 0.3) is 0 Å². The fourth-order valence-electron chi connectivity index (χ4n) is 0.399. The van der Waals surface area contributed by atoms with Crippen LogP contribution in [0, 0.1) is 0 Å². The van der Waals surface area contributed by atoms with Crippen molar-refractivity contribution in [2.75, 3.05) is 26.3 Å². The average molecular weight is 164 g/mol. The summed E-state index contributed by atoms with van der Waals surface area (Å²) < 4.78 is 0. The molecule has 0 aliphatic heterocycles. The van der Waals surface area contributed by atoms with Crippen molar-refractivity contribution >= 4 is 6.09 Å². The van der Waals surface area contributed by atoms with Crippen LogP contribution in [0.5, 0.6) is 0 Å². The first-order valence-electron chi connectivity index (χ1n) is 3.19. The van der Waals surface area contributed by atoms with Gasteiger partial charge in [0.2, 0.25) is 0 Å². The molecule has 6 heteroatoms. The number of aliphatic hydroxyl groups excluding tert-OH is 1. The van der Waals surface area contributed by atoms with Crippen LogP contribution in [-0.4, -0.2) is 42.6 Å². The molecule has 0 heterocycles. The van der Waals surface area contributed by atoms with Crippen LogP contribution in [0.4, 0.5) is 4.79 Å². The number of hydrogen-bond acceptors (Lipinski definition) is 4. The molecule has 0 rings (SSSR count). The molecule has 0 aromatic rings. The molecule has 0 saturated heterocycles. The van der Waals surface area contributed by atoms with Crippen LogP contribution in [0.15, 0.2) is 0 Å². The van der Waals surface area contributed by atoms with Crippen molar-refractivity contribution in [3.63, 3.8) is 0 Å². The van der Waals surface area contributed by atoms with E-state index >= 15 is 0 Å². The van der Waals surface area contributed by atoms with E-state index in [1.54, 1.807) is 0 Å². The molecule has 0 fully saturated rings. The Labute approximate surface area is 64.1 Å². The molecule has 11 heavy (non-hydrogen) atoms. The van der Waals surface area contributed by atoms with Gasteiger partial charge in [0.25, 0.3) is 0 Å². The maximum absolute atomic E-state index is 9.86. The normalized spacial score (nSPS) is 9.55. The molecule has 0 aromatic heterocycles. The minimum atomic E-state index is -1.07. The van der Waals surface area contributed by atoms with E-state index in [0.29, 0.717) is 6.54 Å². The first-order chi connectivity index (χ1) is 5.27. The number of rotatable bonds is 6. The molecule has 1 amide bonds. The highest BCUT2D eigenvalue weighted by molar-refractivity contribution is 5.64. The number of hydrogen-bond donors (Lipinski definition) is 4. The van der Waals surface area contributed by atoms with Gasteiger partial charge >= 0.3 is 6.09 Å². The molecule has 0 aromatic carbocycles. The predicted molar refractivity (Wildman–Crippen MR) is 37.1 cm³/mol. The van der Waals surface area contributed by atoms with Crippen molar-refractivity contribution in [1.29, 1.82) is 0 Å². The minimum Gasteiger partial charge on any atom is -0.465 e. The Balaban J connectivity index is 2.85. The number of carboxylic acid groups (broad SMARTS) is 1. The Morgan fingerprint density at radius 3 is 2.73 bits per heavy atom. The zero-order chi connectivity index (χ0) is 8.53. The first-order valence-corrected chi connectivity index (χ1v) is 3.19. The predicted octanol–water partition coefficient (Wildman–Crippen LogP) is -1.23. The molecule has 0 spiro atoms. The number of nitrogens with one attached hydrogen (secondary N) is 2. The van der Waals surface area contributed by atoms with Gasteiger partial charge in [0.1, 0.15) is 0 Å². The summed E-state index contributed by atoms with van der Waals surface area (Å²) in [6.07, 6.45) is -1.07. The van der Waals surface area contributed by atoms with Gasteiger partial charge in [-0.25, -0.2) is 10.3 Å². The van der Waals surface area contributed by atoms with E-state index in [4.69, 9.17) is 10.2 Å². The van der Waals surface area contributed by atoms with Crippen LogP contribution < -0.4 is 10.8 Å². The second-order valence-electron chi connectivity index (χ2n) is 1.70. The van der Waals surface area contributed by atoms with Gasteiger partial charge in [0.05, 0.1) is 13.2 Å². The number of carbonyl (C=O) groups is 1. The molecule has 66 valence electrons. The molecule has 0 unspecified atom stereocenters. The fraction of sp³-hybridized carbons (Fsp3) is 0.800. The summed E-state index contributed by atoms with van der Waals surface area (Å²) in [6, 6.07) is 0. The number of hydroxylamine groups is 1. The van der Waals surface area contributed by atoms with Crippen molar-refractivity contribution in [2.45, 2.75) is 0 Å². The lowest BCUT2D eigenvalue weighted by molar-refractivity contribution is 0.0342. The molecule has 0 saturated carbocycles. The van der Waals surface area contributed by atoms with E-state index in [2.05, 4.69) is 15.6 Å². The summed E-state index contributed by atoms with van der Waals surface area (Å²) in [5.74, 6) is 0. The van der Waals surface area contributed by atoms with Crippen LogP contribution >= 0.6 is 0 Å². The lowest BCUT2D eigenvalue weighted by Gasteiger charge is -2.03. The largest absolute Gasteiger partial charge is 0.465 e. The fourth-order valence-corrected chi connectivity index (χ4v) is 0.399. The number of amides is 1. The van der Waals surface area contributed by atoms with Gasteiger partial charge in [-0.3, -0.25) is 4.84 Å². The van der Waals surface area contributed by atoms with Crippen molar-refractivity contribution in [3.05, 3.63) is 0 Å². The van der Waals surface area contributed by atoms with Crippen molar-refractivity contribution in [2.24, 2.45) is 0 Å². The second-order valence-corrected chi connectivity index (χ2v) is 1.70. The Hall–Kier alpha value is -0.850. The van der Waals surface area contributed by atoms with Gasteiger partial charge < -0.3 is 15.5 Å². The molecule has 0 aliphatic carbocycles. The third-order valence-corrected chi connectivity index (χ3v) is 0.796. The van der Waals surface area contributed by atoms with Gasteiger partial charge in [-0.05, 0) is 0 Å². The maximum atomic E-state index is 9.86. The second kappa shape index (κ2) is 7.26. The molecule has 0 atom stereocenters. The van der Waals surface area contributed by atoms with E-state index in [1.807, 2.05) is 0 Å². The van der Waals surface area contributed by atoms with Crippen LogP contribution in [0.2, 0.25) is 0 Å². The van der Waals surface area contributed by atoms with Gasteiger partial charge in [-0.2, -0.15) is 0 Å². The summed E-state index contributed by atoms with van der Waals surface area (Å²) in [5, 5.41) is 18.5. The molecular formula is C5H12N2O4. The third kappa shape index (κ3) is 9.15. The van der Waals surface area contributed by atoms with Crippen LogP contribution in [0.3, 0.4) is 0 Å². The molecule has 4 N–H and O–H groups in total. The van der Waals surface area contributed by atoms with E-state index < -0.39 is 6.09 Å². The average Bonchev–Trinajstić information content (AvgIpc) is 1.96. The van der Waals surface area contributed by atoms with E-state index in [9.17, 15) is 4.79 Å². The van der Waals surface area contributed by atoms with Crippen molar-refractivity contribution in [1.82, 2.24) is 10.8 Å². The molecule has 0 bridgehead atoms. The summed E-state index contributed by atoms with van der Waals surface area (Å²) >= 11 is 0. The van der Waals surface area contributed by atoms with Gasteiger partial charge in [0.15, 0.2) is 0 Å². The zero-order valence-electron chi connectivity index (χ0n) is 6.04. The van der Waals surface area contributed by atoms with Gasteiger partial charge in [-0.1, -0.05) is 0 Å². The monoisotopic (exact) mass is 164 g/mol. The van der Waals surface area contributed by atoms with Crippen molar-refractivity contribution < 1.29 is 19.8 Å². The minimum absolute atomic E-state index is 0.00758. The SMILES string of the molecule is O=C(O)NCCONCCO. The van der Waals surface area contributed by atoms with Gasteiger partial charge in [0, 0.05) is 13.1 Å². The first kappa shape index (κ1) is 10.2. The van der Waals surface area contributed by atoms with Crippen LogP contribution in [0.1, 0.15) is 0 Å². The topological polar surface area (TPSA) is 90.8 Å². The highest BCUT2D eigenvalue weighted by Gasteiger charge is 1.91. The quantitative estimate of drug-likeness (QED) is 0.291. The summed E-state index contributed by atoms with van der Waals surface area (Å²) in [4.78, 5) is 14.5. The Kier molecular flexibility index (Phi) is 6.70. The Bertz CT molecular complexity index is 109. The lowest BCUT2D eigenvalue weighted by atomic mass is 10.7. The van der Waals surface area contributed by atoms with Crippen molar-refractivity contribution in [3.8, 4) is 0 Å². The maximum Gasteiger partial charge on any atom is 0.404 e. The summed E-state index contributed by atoms with van der Waals surface area (Å²) in [7, 11) is 0. The number of aliphatic hydroxyl groups is 1. The molecule has 0 radical (unpaired) electrons.